The van der Waals surface area contributed by atoms with Crippen LogP contribution >= 0.6 is 11.6 Å². The van der Waals surface area contributed by atoms with Crippen LogP contribution in [0.2, 0.25) is 5.02 Å². The van der Waals surface area contributed by atoms with Crippen molar-refractivity contribution >= 4 is 11.6 Å². The molecule has 0 heterocycles. The van der Waals surface area contributed by atoms with Gasteiger partial charge >= 0.3 is 0 Å². The second-order valence-electron chi connectivity index (χ2n) is 6.06. The summed E-state index contributed by atoms with van der Waals surface area (Å²) in [5.41, 5.74) is -0.204. The average molecular weight is 275 g/mol. The predicted molar refractivity (Wildman–Crippen MR) is 68.7 cm³/mol. The summed E-state index contributed by atoms with van der Waals surface area (Å²) < 4.78 is 26.6. The molecule has 0 unspecified atom stereocenters. The number of aromatic hydroxyl groups is 1. The van der Waals surface area contributed by atoms with Crippen molar-refractivity contribution in [2.24, 2.45) is 0 Å². The number of benzene rings is 1. The molecule has 2 rings (SSSR count). The van der Waals surface area contributed by atoms with Gasteiger partial charge in [0.2, 0.25) is 6.43 Å². The van der Waals surface area contributed by atoms with Crippen LogP contribution in [-0.2, 0) is 10.8 Å². The maximum atomic E-state index is 13.3. The minimum absolute atomic E-state index is 0.0266. The number of rotatable bonds is 2. The SMILES string of the molecule is CC(C)(C)c1cc(O)cc(Cl)c1C1(C(F)F)CC1. The first kappa shape index (κ1) is 13.6. The topological polar surface area (TPSA) is 20.2 Å². The van der Waals surface area contributed by atoms with Crippen molar-refractivity contribution in [3.8, 4) is 5.75 Å². The van der Waals surface area contributed by atoms with Crippen LogP contribution in [0.15, 0.2) is 12.1 Å². The summed E-state index contributed by atoms with van der Waals surface area (Å²) in [6.45, 7) is 5.80. The first-order valence-electron chi connectivity index (χ1n) is 6.00. The van der Waals surface area contributed by atoms with E-state index in [0.717, 1.165) is 0 Å². The highest BCUT2D eigenvalue weighted by molar-refractivity contribution is 6.31. The third-order valence-corrected chi connectivity index (χ3v) is 3.89. The van der Waals surface area contributed by atoms with Crippen LogP contribution in [0.1, 0.15) is 44.7 Å². The lowest BCUT2D eigenvalue weighted by molar-refractivity contribution is 0.101. The Morgan fingerprint density at radius 1 is 1.28 bits per heavy atom. The molecule has 0 spiro atoms. The van der Waals surface area contributed by atoms with E-state index in [4.69, 9.17) is 11.6 Å². The summed E-state index contributed by atoms with van der Waals surface area (Å²) in [5.74, 6) is 0.0266. The standard InChI is InChI=1S/C14H17ClF2O/c1-13(2,3)9-6-8(18)7-10(15)11(9)14(4-5-14)12(16)17/h6-7,12,18H,4-5H2,1-3H3. The van der Waals surface area contributed by atoms with Crippen molar-refractivity contribution in [2.75, 3.05) is 0 Å². The van der Waals surface area contributed by atoms with Gasteiger partial charge < -0.3 is 5.11 Å². The van der Waals surface area contributed by atoms with E-state index >= 15 is 0 Å². The van der Waals surface area contributed by atoms with Crippen LogP contribution in [-0.4, -0.2) is 11.5 Å². The fourth-order valence-electron chi connectivity index (χ4n) is 2.40. The molecule has 0 aliphatic heterocycles. The number of hydrogen-bond donors (Lipinski definition) is 1. The summed E-state index contributed by atoms with van der Waals surface area (Å²) >= 11 is 6.12. The van der Waals surface area contributed by atoms with Crippen molar-refractivity contribution in [1.82, 2.24) is 0 Å². The van der Waals surface area contributed by atoms with Gasteiger partial charge in [-0.25, -0.2) is 8.78 Å². The van der Waals surface area contributed by atoms with E-state index in [2.05, 4.69) is 0 Å². The largest absolute Gasteiger partial charge is 0.508 e. The quantitative estimate of drug-likeness (QED) is 0.833. The number of phenols is 1. The summed E-state index contributed by atoms with van der Waals surface area (Å²) in [5, 5.41) is 9.88. The van der Waals surface area contributed by atoms with E-state index in [9.17, 15) is 13.9 Å². The van der Waals surface area contributed by atoms with Crippen molar-refractivity contribution in [1.29, 1.82) is 0 Å². The first-order valence-corrected chi connectivity index (χ1v) is 6.38. The summed E-state index contributed by atoms with van der Waals surface area (Å²) in [4.78, 5) is 0. The van der Waals surface area contributed by atoms with E-state index in [1.807, 2.05) is 20.8 Å². The number of alkyl halides is 2. The molecule has 1 fully saturated rings. The molecule has 1 N–H and O–H groups in total. The average Bonchev–Trinajstić information content (AvgIpc) is 2.95. The minimum atomic E-state index is -2.42. The normalized spacial score (nSPS) is 18.2. The second kappa shape index (κ2) is 4.09. The molecule has 1 aromatic carbocycles. The Morgan fingerprint density at radius 2 is 1.83 bits per heavy atom. The van der Waals surface area contributed by atoms with Crippen LogP contribution in [0, 0.1) is 0 Å². The van der Waals surface area contributed by atoms with Gasteiger partial charge in [0.05, 0.1) is 5.41 Å². The van der Waals surface area contributed by atoms with Crippen molar-refractivity contribution < 1.29 is 13.9 Å². The van der Waals surface area contributed by atoms with Gasteiger partial charge in [-0.1, -0.05) is 32.4 Å². The van der Waals surface area contributed by atoms with Gasteiger partial charge in [0, 0.05) is 5.02 Å². The third-order valence-electron chi connectivity index (χ3n) is 3.59. The zero-order chi connectivity index (χ0) is 13.7. The van der Waals surface area contributed by atoms with E-state index in [0.29, 0.717) is 24.0 Å². The van der Waals surface area contributed by atoms with Gasteiger partial charge in [-0.05, 0) is 41.5 Å². The molecule has 18 heavy (non-hydrogen) atoms. The van der Waals surface area contributed by atoms with Gasteiger partial charge in [0.25, 0.3) is 0 Å². The lowest BCUT2D eigenvalue weighted by Gasteiger charge is -2.28. The van der Waals surface area contributed by atoms with E-state index in [1.165, 1.54) is 6.07 Å². The molecule has 0 radical (unpaired) electrons. The Kier molecular flexibility index (Phi) is 3.09. The summed E-state index contributed by atoms with van der Waals surface area (Å²) in [7, 11) is 0. The molecule has 0 atom stereocenters. The van der Waals surface area contributed by atoms with Crippen LogP contribution in [0.3, 0.4) is 0 Å². The number of phenolic OH excluding ortho intramolecular Hbond substituents is 1. The zero-order valence-corrected chi connectivity index (χ0v) is 11.5. The van der Waals surface area contributed by atoms with Crippen LogP contribution in [0.5, 0.6) is 5.75 Å². The molecule has 1 aliphatic rings. The molecule has 0 saturated heterocycles. The Labute approximate surface area is 111 Å². The lowest BCUT2D eigenvalue weighted by atomic mass is 9.78. The lowest BCUT2D eigenvalue weighted by Crippen LogP contribution is -2.24. The molecule has 1 aromatic rings. The molecule has 1 aliphatic carbocycles. The molecule has 1 nitrogen and oxygen atoms in total. The van der Waals surface area contributed by atoms with Gasteiger partial charge in [0.1, 0.15) is 5.75 Å². The van der Waals surface area contributed by atoms with Gasteiger partial charge in [-0.3, -0.25) is 0 Å². The second-order valence-corrected chi connectivity index (χ2v) is 6.46. The molecule has 1 saturated carbocycles. The highest BCUT2D eigenvalue weighted by atomic mass is 35.5. The zero-order valence-electron chi connectivity index (χ0n) is 10.7. The molecule has 100 valence electrons. The van der Waals surface area contributed by atoms with Gasteiger partial charge in [-0.2, -0.15) is 0 Å². The Hall–Kier alpha value is -0.830. The molecule has 0 bridgehead atoms. The van der Waals surface area contributed by atoms with Crippen LogP contribution < -0.4 is 0 Å². The van der Waals surface area contributed by atoms with Gasteiger partial charge in [0.15, 0.2) is 0 Å². The molecule has 4 heteroatoms. The monoisotopic (exact) mass is 274 g/mol. The maximum Gasteiger partial charge on any atom is 0.248 e. The van der Waals surface area contributed by atoms with Crippen LogP contribution in [0.4, 0.5) is 8.78 Å². The fraction of sp³-hybridized carbons (Fsp3) is 0.571. The van der Waals surface area contributed by atoms with Gasteiger partial charge in [-0.15, -0.1) is 0 Å². The smallest absolute Gasteiger partial charge is 0.248 e. The molecule has 0 aromatic heterocycles. The number of halogens is 3. The Morgan fingerprint density at radius 3 is 2.22 bits per heavy atom. The molecular formula is C14H17ClF2O. The fourth-order valence-corrected chi connectivity index (χ4v) is 2.80. The first-order chi connectivity index (χ1) is 8.18. The maximum absolute atomic E-state index is 13.3. The van der Waals surface area contributed by atoms with E-state index < -0.39 is 11.8 Å². The highest BCUT2D eigenvalue weighted by Gasteiger charge is 2.55. The van der Waals surface area contributed by atoms with Crippen molar-refractivity contribution in [3.05, 3.63) is 28.3 Å². The Balaban J connectivity index is 2.67. The van der Waals surface area contributed by atoms with E-state index in [-0.39, 0.29) is 16.2 Å². The molecule has 0 amide bonds. The highest BCUT2D eigenvalue weighted by Crippen LogP contribution is 2.57. The minimum Gasteiger partial charge on any atom is -0.508 e. The Bertz CT molecular complexity index is 473. The summed E-state index contributed by atoms with van der Waals surface area (Å²) in [6, 6.07) is 2.91. The third kappa shape index (κ3) is 2.09. The molecular weight excluding hydrogens is 258 g/mol. The van der Waals surface area contributed by atoms with E-state index in [1.54, 1.807) is 6.07 Å². The van der Waals surface area contributed by atoms with Crippen molar-refractivity contribution in [2.45, 2.75) is 50.9 Å². The van der Waals surface area contributed by atoms with Crippen molar-refractivity contribution in [3.63, 3.8) is 0 Å². The predicted octanol–water partition coefficient (Wildman–Crippen LogP) is 4.64. The summed E-state index contributed by atoms with van der Waals surface area (Å²) in [6.07, 6.45) is -1.50. The number of hydrogen-bond acceptors (Lipinski definition) is 1. The van der Waals surface area contributed by atoms with Crippen LogP contribution in [0.25, 0.3) is 0 Å².